The number of nitrogens with zero attached hydrogens (tertiary/aromatic N) is 1. The van der Waals surface area contributed by atoms with Crippen LogP contribution in [0.2, 0.25) is 5.02 Å². The Morgan fingerprint density at radius 1 is 0.963 bits per heavy atom. The quantitative estimate of drug-likeness (QED) is 0.677. The van der Waals surface area contributed by atoms with Crippen LogP contribution in [-0.4, -0.2) is 32.5 Å². The molecule has 0 spiro atoms. The van der Waals surface area contributed by atoms with Crippen LogP contribution >= 0.6 is 23.4 Å². The highest BCUT2D eigenvalue weighted by molar-refractivity contribution is 8.19. The van der Waals surface area contributed by atoms with Crippen LogP contribution in [0.4, 0.5) is 10.5 Å². The van der Waals surface area contributed by atoms with E-state index in [0.29, 0.717) is 38.4 Å². The van der Waals surface area contributed by atoms with Gasteiger partial charge in [-0.25, -0.2) is 4.90 Å². The molecule has 1 saturated heterocycles. The average Bonchev–Trinajstić information content (AvgIpc) is 2.95. The maximum Gasteiger partial charge on any atom is 0.298 e. The van der Waals surface area contributed by atoms with Gasteiger partial charge in [0.15, 0.2) is 11.5 Å². The lowest BCUT2D eigenvalue weighted by atomic mass is 10.1. The molecule has 0 aromatic heterocycles. The third-order valence-electron chi connectivity index (χ3n) is 3.86. The van der Waals surface area contributed by atoms with Crippen molar-refractivity contribution in [2.24, 2.45) is 0 Å². The Kier molecular flexibility index (Phi) is 5.62. The minimum atomic E-state index is -0.402. The predicted octanol–water partition coefficient (Wildman–Crippen LogP) is 4.61. The molecule has 0 radical (unpaired) electrons. The number of halogens is 1. The molecule has 0 atom stereocenters. The summed E-state index contributed by atoms with van der Waals surface area (Å²) in [5, 5.41) is 0.153. The molecule has 1 fully saturated rings. The highest BCUT2D eigenvalue weighted by Crippen LogP contribution is 2.41. The highest BCUT2D eigenvalue weighted by Gasteiger charge is 2.36. The molecule has 2 aromatic carbocycles. The average molecular weight is 406 g/mol. The normalized spacial score (nSPS) is 15.4. The van der Waals surface area contributed by atoms with Gasteiger partial charge in [-0.05, 0) is 59.8 Å². The molecule has 0 saturated carbocycles. The fraction of sp³-hybridized carbons (Fsp3) is 0.158. The van der Waals surface area contributed by atoms with Crippen LogP contribution in [0, 0.1) is 0 Å². The van der Waals surface area contributed by atoms with Crippen LogP contribution in [0.15, 0.2) is 41.3 Å². The first kappa shape index (κ1) is 19.1. The molecule has 0 aliphatic carbocycles. The number of ether oxygens (including phenoxy) is 3. The number of carbonyl (C=O) groups excluding carboxylic acids is 2. The van der Waals surface area contributed by atoms with Gasteiger partial charge < -0.3 is 14.2 Å². The number of amides is 2. The van der Waals surface area contributed by atoms with E-state index < -0.39 is 5.91 Å². The third-order valence-corrected chi connectivity index (χ3v) is 4.98. The minimum absolute atomic E-state index is 0.296. The number of thioether (sulfide) groups is 1. The van der Waals surface area contributed by atoms with Crippen LogP contribution in [0.5, 0.6) is 17.2 Å². The van der Waals surface area contributed by atoms with E-state index in [1.54, 1.807) is 42.5 Å². The predicted molar refractivity (Wildman–Crippen MR) is 106 cm³/mol. The number of hydrogen-bond acceptors (Lipinski definition) is 6. The molecule has 27 heavy (non-hydrogen) atoms. The Morgan fingerprint density at radius 3 is 2.07 bits per heavy atom. The Bertz CT molecular complexity index is 901. The van der Waals surface area contributed by atoms with Gasteiger partial charge in [0.1, 0.15) is 0 Å². The Morgan fingerprint density at radius 2 is 1.56 bits per heavy atom. The summed E-state index contributed by atoms with van der Waals surface area (Å²) in [6.07, 6.45) is 1.62. The summed E-state index contributed by atoms with van der Waals surface area (Å²) in [5.41, 5.74) is 1.11. The zero-order chi connectivity index (χ0) is 19.6. The molecule has 6 nitrogen and oxygen atoms in total. The van der Waals surface area contributed by atoms with Crippen molar-refractivity contribution in [2.45, 2.75) is 0 Å². The molecule has 1 aliphatic rings. The van der Waals surface area contributed by atoms with Gasteiger partial charge in [-0.1, -0.05) is 11.6 Å². The van der Waals surface area contributed by atoms with E-state index in [1.807, 2.05) is 0 Å². The van der Waals surface area contributed by atoms with Crippen molar-refractivity contribution in [3.8, 4) is 17.2 Å². The number of hydrogen-bond donors (Lipinski definition) is 0. The van der Waals surface area contributed by atoms with Crippen LogP contribution < -0.4 is 19.1 Å². The van der Waals surface area contributed by atoms with Crippen molar-refractivity contribution in [1.82, 2.24) is 0 Å². The number of rotatable bonds is 5. The van der Waals surface area contributed by atoms with E-state index in [-0.39, 0.29) is 5.24 Å². The molecular weight excluding hydrogens is 390 g/mol. The highest BCUT2D eigenvalue weighted by atomic mass is 35.5. The number of anilines is 1. The summed E-state index contributed by atoms with van der Waals surface area (Å²) in [6.45, 7) is 0. The minimum Gasteiger partial charge on any atom is -0.493 e. The van der Waals surface area contributed by atoms with E-state index in [1.165, 1.54) is 21.3 Å². The van der Waals surface area contributed by atoms with Crippen molar-refractivity contribution >= 4 is 46.3 Å². The molecule has 140 valence electrons. The lowest BCUT2D eigenvalue weighted by molar-refractivity contribution is -0.113. The Balaban J connectivity index is 1.97. The lowest BCUT2D eigenvalue weighted by Crippen LogP contribution is -2.27. The van der Waals surface area contributed by atoms with Crippen molar-refractivity contribution in [3.05, 3.63) is 51.9 Å². The standard InChI is InChI=1S/C19H16ClNO5S/c1-24-14-8-11(9-15(25-2)17(14)26-3)10-16-18(22)21(19(23)27-16)13-6-4-12(20)5-7-13/h4-10H,1-3H3/b16-10-. The molecule has 0 bridgehead atoms. The first-order valence-corrected chi connectivity index (χ1v) is 9.01. The van der Waals surface area contributed by atoms with Crippen LogP contribution in [0.25, 0.3) is 6.08 Å². The molecule has 1 aliphatic heterocycles. The van der Waals surface area contributed by atoms with Gasteiger partial charge in [0.2, 0.25) is 5.75 Å². The molecule has 0 unspecified atom stereocenters. The fourth-order valence-electron chi connectivity index (χ4n) is 2.62. The molecule has 8 heteroatoms. The van der Waals surface area contributed by atoms with Crippen LogP contribution in [0.1, 0.15) is 5.56 Å². The fourth-order valence-corrected chi connectivity index (χ4v) is 3.58. The summed E-state index contributed by atoms with van der Waals surface area (Å²) >= 11 is 6.74. The lowest BCUT2D eigenvalue weighted by Gasteiger charge is -2.13. The van der Waals surface area contributed by atoms with E-state index in [2.05, 4.69) is 0 Å². The van der Waals surface area contributed by atoms with Gasteiger partial charge in [0.05, 0.1) is 31.9 Å². The maximum atomic E-state index is 12.7. The topological polar surface area (TPSA) is 65.1 Å². The number of carbonyl (C=O) groups is 2. The summed E-state index contributed by atoms with van der Waals surface area (Å²) in [6, 6.07) is 9.92. The van der Waals surface area contributed by atoms with E-state index >= 15 is 0 Å². The van der Waals surface area contributed by atoms with Crippen molar-refractivity contribution in [1.29, 1.82) is 0 Å². The molecule has 1 heterocycles. The molecule has 0 N–H and O–H groups in total. The smallest absolute Gasteiger partial charge is 0.298 e. The molecule has 2 aromatic rings. The van der Waals surface area contributed by atoms with Crippen molar-refractivity contribution in [2.75, 3.05) is 26.2 Å². The first-order valence-electron chi connectivity index (χ1n) is 7.82. The van der Waals surface area contributed by atoms with Gasteiger partial charge >= 0.3 is 0 Å². The SMILES string of the molecule is COc1cc(/C=C2\SC(=O)N(c3ccc(Cl)cc3)C2=O)cc(OC)c1OC. The summed E-state index contributed by atoms with van der Waals surface area (Å²) in [7, 11) is 4.53. The van der Waals surface area contributed by atoms with Gasteiger partial charge in [0, 0.05) is 5.02 Å². The van der Waals surface area contributed by atoms with Crippen LogP contribution in [0.3, 0.4) is 0 Å². The zero-order valence-corrected chi connectivity index (χ0v) is 16.4. The number of imide groups is 1. The Labute approximate surface area is 165 Å². The van der Waals surface area contributed by atoms with E-state index in [0.717, 1.165) is 16.7 Å². The van der Waals surface area contributed by atoms with Gasteiger partial charge in [-0.2, -0.15) is 0 Å². The number of benzene rings is 2. The van der Waals surface area contributed by atoms with E-state index in [4.69, 9.17) is 25.8 Å². The molecule has 2 amide bonds. The Hall–Kier alpha value is -2.64. The second-order valence-electron chi connectivity index (χ2n) is 5.45. The van der Waals surface area contributed by atoms with Crippen LogP contribution in [-0.2, 0) is 4.79 Å². The molecular formula is C19H16ClNO5S. The van der Waals surface area contributed by atoms with Gasteiger partial charge in [0.25, 0.3) is 11.1 Å². The summed E-state index contributed by atoms with van der Waals surface area (Å²) in [5.74, 6) is 0.965. The van der Waals surface area contributed by atoms with Crippen molar-refractivity contribution in [3.63, 3.8) is 0 Å². The van der Waals surface area contributed by atoms with Gasteiger partial charge in [-0.15, -0.1) is 0 Å². The van der Waals surface area contributed by atoms with Crippen molar-refractivity contribution < 1.29 is 23.8 Å². The molecule has 3 rings (SSSR count). The zero-order valence-electron chi connectivity index (χ0n) is 14.8. The second-order valence-corrected chi connectivity index (χ2v) is 6.88. The largest absolute Gasteiger partial charge is 0.493 e. The number of methoxy groups -OCH3 is 3. The summed E-state index contributed by atoms with van der Waals surface area (Å²) in [4.78, 5) is 26.5. The maximum absolute atomic E-state index is 12.7. The second kappa shape index (κ2) is 7.94. The third kappa shape index (κ3) is 3.74. The van der Waals surface area contributed by atoms with Gasteiger partial charge in [-0.3, -0.25) is 9.59 Å². The first-order chi connectivity index (χ1) is 13.0. The van der Waals surface area contributed by atoms with E-state index in [9.17, 15) is 9.59 Å². The summed E-state index contributed by atoms with van der Waals surface area (Å²) < 4.78 is 15.9. The monoisotopic (exact) mass is 405 g/mol.